The van der Waals surface area contributed by atoms with Gasteiger partial charge >= 0.3 is 0 Å². The molecule has 3 aliphatic rings. The van der Waals surface area contributed by atoms with Gasteiger partial charge in [-0.2, -0.15) is 0 Å². The van der Waals surface area contributed by atoms with Crippen LogP contribution in [0.15, 0.2) is 0 Å². The van der Waals surface area contributed by atoms with Crippen molar-refractivity contribution in [1.29, 1.82) is 0 Å². The molecule has 0 bridgehead atoms. The monoisotopic (exact) mass is 290 g/mol. The van der Waals surface area contributed by atoms with Crippen LogP contribution in [-0.4, -0.2) is 68.1 Å². The van der Waals surface area contributed by atoms with E-state index in [1.165, 1.54) is 19.5 Å². The Kier molecular flexibility index (Phi) is 3.37. The van der Waals surface area contributed by atoms with Crippen molar-refractivity contribution >= 4 is 5.91 Å². The molecule has 21 heavy (non-hydrogen) atoms. The molecular formula is C14H22N6O. The molecule has 2 fully saturated rings. The van der Waals surface area contributed by atoms with Crippen LogP contribution in [-0.2, 0) is 17.8 Å². The predicted octanol–water partition coefficient (Wildman–Crippen LogP) is -0.0678. The Bertz CT molecular complexity index is 503. The molecule has 3 aliphatic heterocycles. The van der Waals surface area contributed by atoms with E-state index in [2.05, 4.69) is 25.3 Å². The van der Waals surface area contributed by atoms with Crippen molar-refractivity contribution in [3.05, 3.63) is 5.82 Å². The number of rotatable bonds is 2. The van der Waals surface area contributed by atoms with Crippen LogP contribution in [0.2, 0.25) is 0 Å². The second-order valence-electron chi connectivity index (χ2n) is 6.46. The van der Waals surface area contributed by atoms with E-state index < -0.39 is 0 Å². The summed E-state index contributed by atoms with van der Waals surface area (Å²) in [6.45, 7) is 5.06. The van der Waals surface area contributed by atoms with Gasteiger partial charge in [-0.05, 0) is 49.2 Å². The molecule has 1 aromatic heterocycles. The fourth-order valence-corrected chi connectivity index (χ4v) is 3.75. The normalized spacial score (nSPS) is 29.8. The van der Waals surface area contributed by atoms with Gasteiger partial charge in [0.15, 0.2) is 5.82 Å². The van der Waals surface area contributed by atoms with Crippen molar-refractivity contribution in [3.8, 4) is 0 Å². The molecule has 2 unspecified atom stereocenters. The molecule has 4 rings (SSSR count). The summed E-state index contributed by atoms with van der Waals surface area (Å²) in [5, 5.41) is 11.7. The zero-order chi connectivity index (χ0) is 14.2. The number of likely N-dealkylation sites (tertiary alicyclic amines) is 2. The summed E-state index contributed by atoms with van der Waals surface area (Å²) in [6.07, 6.45) is 5.02. The second kappa shape index (κ2) is 5.36. The number of aryl methyl sites for hydroxylation is 2. The first kappa shape index (κ1) is 13.2. The van der Waals surface area contributed by atoms with Crippen molar-refractivity contribution < 1.29 is 4.79 Å². The molecule has 2 atom stereocenters. The lowest BCUT2D eigenvalue weighted by molar-refractivity contribution is -0.135. The van der Waals surface area contributed by atoms with E-state index in [0.29, 0.717) is 11.9 Å². The fraction of sp³-hybridized carbons (Fsp3) is 0.857. The Hall–Kier alpha value is -1.50. The number of tetrazole rings is 1. The molecule has 1 amide bonds. The van der Waals surface area contributed by atoms with Gasteiger partial charge in [-0.25, -0.2) is 4.68 Å². The summed E-state index contributed by atoms with van der Waals surface area (Å²) in [4.78, 5) is 17.4. The molecule has 2 saturated heterocycles. The molecule has 0 N–H and O–H groups in total. The Morgan fingerprint density at radius 1 is 1.10 bits per heavy atom. The molecule has 0 saturated carbocycles. The average molecular weight is 290 g/mol. The van der Waals surface area contributed by atoms with Crippen LogP contribution >= 0.6 is 0 Å². The number of nitrogens with zero attached hydrogens (tertiary/aromatic N) is 6. The Morgan fingerprint density at radius 3 is 2.81 bits per heavy atom. The van der Waals surface area contributed by atoms with Gasteiger partial charge in [-0.3, -0.25) is 9.69 Å². The third-order valence-electron chi connectivity index (χ3n) is 5.24. The van der Waals surface area contributed by atoms with E-state index in [-0.39, 0.29) is 5.92 Å². The van der Waals surface area contributed by atoms with Gasteiger partial charge < -0.3 is 4.90 Å². The molecule has 0 aromatic carbocycles. The average Bonchev–Trinajstić information content (AvgIpc) is 3.03. The minimum Gasteiger partial charge on any atom is -0.341 e. The summed E-state index contributed by atoms with van der Waals surface area (Å²) in [7, 11) is 0. The van der Waals surface area contributed by atoms with Gasteiger partial charge in [0.05, 0.1) is 0 Å². The lowest BCUT2D eigenvalue weighted by atomic mass is 9.99. The molecule has 7 heteroatoms. The summed E-state index contributed by atoms with van der Waals surface area (Å²) in [6, 6.07) is 0.606. The summed E-state index contributed by atoms with van der Waals surface area (Å²) >= 11 is 0. The summed E-state index contributed by atoms with van der Waals surface area (Å²) in [5.41, 5.74) is 0. The number of hydrogen-bond acceptors (Lipinski definition) is 5. The first-order valence-electron chi connectivity index (χ1n) is 8.09. The Balaban J connectivity index is 1.36. The lowest BCUT2D eigenvalue weighted by Gasteiger charge is -2.36. The standard InChI is InChI=1S/C14H22N6O/c21-14(19-8-5-12(10-19)18-6-1-7-18)11-2-3-13-15-16-17-20(13)9-4-11/h11-12H,1-10H2. The van der Waals surface area contributed by atoms with Gasteiger partial charge in [0, 0.05) is 38.0 Å². The van der Waals surface area contributed by atoms with Crippen LogP contribution in [0.3, 0.4) is 0 Å². The predicted molar refractivity (Wildman–Crippen MR) is 75.4 cm³/mol. The number of amides is 1. The molecular weight excluding hydrogens is 268 g/mol. The fourth-order valence-electron chi connectivity index (χ4n) is 3.75. The first-order valence-corrected chi connectivity index (χ1v) is 8.09. The minimum atomic E-state index is 0.128. The minimum absolute atomic E-state index is 0.128. The van der Waals surface area contributed by atoms with Crippen LogP contribution in [0.5, 0.6) is 0 Å². The molecule has 0 radical (unpaired) electrons. The highest BCUT2D eigenvalue weighted by Gasteiger charge is 2.35. The molecule has 4 heterocycles. The first-order chi connectivity index (χ1) is 10.3. The molecule has 1 aromatic rings. The SMILES string of the molecule is O=C(C1CCc2nnnn2CC1)N1CCC(N2CCC2)C1. The van der Waals surface area contributed by atoms with E-state index >= 15 is 0 Å². The van der Waals surface area contributed by atoms with E-state index in [0.717, 1.165) is 51.1 Å². The maximum Gasteiger partial charge on any atom is 0.225 e. The van der Waals surface area contributed by atoms with Gasteiger partial charge in [0.25, 0.3) is 0 Å². The number of aromatic nitrogens is 4. The van der Waals surface area contributed by atoms with E-state index in [1.807, 2.05) is 4.68 Å². The van der Waals surface area contributed by atoms with Crippen molar-refractivity contribution in [2.24, 2.45) is 5.92 Å². The Labute approximate surface area is 124 Å². The zero-order valence-corrected chi connectivity index (χ0v) is 12.3. The highest BCUT2D eigenvalue weighted by atomic mass is 16.2. The van der Waals surface area contributed by atoms with Gasteiger partial charge in [-0.1, -0.05) is 0 Å². The lowest BCUT2D eigenvalue weighted by Crippen LogP contribution is -2.47. The topological polar surface area (TPSA) is 67.2 Å². The number of carbonyl (C=O) groups excluding carboxylic acids is 1. The number of fused-ring (bicyclic) bond motifs is 1. The maximum absolute atomic E-state index is 12.7. The zero-order valence-electron chi connectivity index (χ0n) is 12.3. The number of hydrogen-bond donors (Lipinski definition) is 0. The molecule has 7 nitrogen and oxygen atoms in total. The van der Waals surface area contributed by atoms with Gasteiger partial charge in [-0.15, -0.1) is 5.10 Å². The van der Waals surface area contributed by atoms with E-state index in [4.69, 9.17) is 0 Å². The van der Waals surface area contributed by atoms with Crippen LogP contribution in [0.4, 0.5) is 0 Å². The smallest absolute Gasteiger partial charge is 0.225 e. The van der Waals surface area contributed by atoms with E-state index in [1.54, 1.807) is 0 Å². The highest BCUT2D eigenvalue weighted by molar-refractivity contribution is 5.79. The van der Waals surface area contributed by atoms with Crippen LogP contribution in [0, 0.1) is 5.92 Å². The Morgan fingerprint density at radius 2 is 2.00 bits per heavy atom. The van der Waals surface area contributed by atoms with Crippen molar-refractivity contribution in [3.63, 3.8) is 0 Å². The number of carbonyl (C=O) groups is 1. The quantitative estimate of drug-likeness (QED) is 0.763. The third kappa shape index (κ3) is 2.43. The van der Waals surface area contributed by atoms with Crippen molar-refractivity contribution in [2.75, 3.05) is 26.2 Å². The second-order valence-corrected chi connectivity index (χ2v) is 6.46. The summed E-state index contributed by atoms with van der Waals surface area (Å²) < 4.78 is 1.85. The van der Waals surface area contributed by atoms with Crippen LogP contribution < -0.4 is 0 Å². The van der Waals surface area contributed by atoms with Gasteiger partial charge in [0.2, 0.25) is 5.91 Å². The van der Waals surface area contributed by atoms with Crippen molar-refractivity contribution in [2.45, 2.75) is 44.7 Å². The highest BCUT2D eigenvalue weighted by Crippen LogP contribution is 2.25. The van der Waals surface area contributed by atoms with E-state index in [9.17, 15) is 4.79 Å². The molecule has 0 spiro atoms. The maximum atomic E-state index is 12.7. The third-order valence-corrected chi connectivity index (χ3v) is 5.24. The van der Waals surface area contributed by atoms with Crippen LogP contribution in [0.25, 0.3) is 0 Å². The largest absolute Gasteiger partial charge is 0.341 e. The summed E-state index contributed by atoms with van der Waals surface area (Å²) in [5.74, 6) is 1.39. The molecule has 0 aliphatic carbocycles. The van der Waals surface area contributed by atoms with Gasteiger partial charge in [0.1, 0.15) is 0 Å². The van der Waals surface area contributed by atoms with Crippen LogP contribution in [0.1, 0.15) is 31.5 Å². The van der Waals surface area contributed by atoms with Crippen molar-refractivity contribution in [1.82, 2.24) is 30.0 Å². The molecule has 114 valence electrons.